The molecule has 3 fully saturated rings. The summed E-state index contributed by atoms with van der Waals surface area (Å²) in [4.78, 5) is 27.3. The summed E-state index contributed by atoms with van der Waals surface area (Å²) in [5.74, 6) is -0.455. The largest absolute Gasteiger partial charge is 0.416 e. The summed E-state index contributed by atoms with van der Waals surface area (Å²) in [6.07, 6.45) is -3.79. The van der Waals surface area contributed by atoms with Crippen LogP contribution in [0.5, 0.6) is 0 Å². The quantitative estimate of drug-likeness (QED) is 0.801. The lowest BCUT2D eigenvalue weighted by Gasteiger charge is -2.26. The number of carbonyl (C=O) groups excluding carboxylic acids is 2. The number of halogens is 3. The van der Waals surface area contributed by atoms with Gasteiger partial charge in [-0.3, -0.25) is 4.79 Å². The molecule has 1 N–H and O–H groups in total. The van der Waals surface area contributed by atoms with Gasteiger partial charge in [0.05, 0.1) is 11.3 Å². The molecule has 22 heavy (non-hydrogen) atoms. The molecule has 3 saturated heterocycles. The summed E-state index contributed by atoms with van der Waals surface area (Å²) in [5.41, 5.74) is -0.905. The molecule has 0 saturated carbocycles. The fraction of sp³-hybridized carbons (Fsp3) is 0.429. The first-order valence-corrected chi connectivity index (χ1v) is 6.95. The second-order valence-electron chi connectivity index (χ2n) is 5.76. The van der Waals surface area contributed by atoms with Crippen molar-refractivity contribution in [1.82, 2.24) is 10.2 Å². The molecule has 2 bridgehead atoms. The monoisotopic (exact) mass is 311 g/mol. The first kappa shape index (κ1) is 13.6. The van der Waals surface area contributed by atoms with Gasteiger partial charge in [-0.2, -0.15) is 13.2 Å². The molecule has 0 aliphatic carbocycles. The Morgan fingerprint density at radius 2 is 2.00 bits per heavy atom. The van der Waals surface area contributed by atoms with Crippen molar-refractivity contribution in [3.05, 3.63) is 29.8 Å². The summed E-state index contributed by atoms with van der Waals surface area (Å²) >= 11 is 0. The van der Waals surface area contributed by atoms with Crippen molar-refractivity contribution in [3.8, 4) is 0 Å². The van der Waals surface area contributed by atoms with Crippen molar-refractivity contribution >= 4 is 17.6 Å². The van der Waals surface area contributed by atoms with Crippen LogP contribution in [0, 0.1) is 0 Å². The van der Waals surface area contributed by atoms with Crippen molar-refractivity contribution < 1.29 is 22.8 Å². The molecule has 3 heterocycles. The summed E-state index contributed by atoms with van der Waals surface area (Å²) < 4.78 is 38.4. The number of imide groups is 1. The number of amides is 3. The maximum atomic E-state index is 12.8. The molecule has 0 radical (unpaired) electrons. The summed E-state index contributed by atoms with van der Waals surface area (Å²) in [7, 11) is 0. The molecule has 3 aliphatic heterocycles. The van der Waals surface area contributed by atoms with Crippen molar-refractivity contribution in [2.45, 2.75) is 30.7 Å². The van der Waals surface area contributed by atoms with Gasteiger partial charge >= 0.3 is 12.2 Å². The number of anilines is 1. The van der Waals surface area contributed by atoms with Crippen LogP contribution in [-0.4, -0.2) is 41.5 Å². The second-order valence-corrected chi connectivity index (χ2v) is 5.76. The van der Waals surface area contributed by atoms with Gasteiger partial charge in [-0.05, 0) is 24.6 Å². The van der Waals surface area contributed by atoms with E-state index in [9.17, 15) is 22.8 Å². The third kappa shape index (κ3) is 1.70. The minimum Gasteiger partial charge on any atom is -0.309 e. The number of fused-ring (bicyclic) bond motifs is 5. The van der Waals surface area contributed by atoms with E-state index in [0.717, 1.165) is 23.5 Å². The first-order chi connectivity index (χ1) is 10.4. The van der Waals surface area contributed by atoms with E-state index in [4.69, 9.17) is 0 Å². The van der Waals surface area contributed by atoms with Gasteiger partial charge in [0.2, 0.25) is 0 Å². The standard InChI is InChI=1S/C14H12F3N3O2/c15-14(16,17)7-2-1-3-8(4-7)20-12(21)11-10-5-9(6-18-10)19(11)13(20)22/h1-4,9-11,18H,5-6H2. The topological polar surface area (TPSA) is 52.7 Å². The Kier molecular flexibility index (Phi) is 2.60. The third-order valence-electron chi connectivity index (χ3n) is 4.53. The van der Waals surface area contributed by atoms with Gasteiger partial charge in [-0.15, -0.1) is 0 Å². The van der Waals surface area contributed by atoms with E-state index in [2.05, 4.69) is 5.32 Å². The third-order valence-corrected chi connectivity index (χ3v) is 4.53. The SMILES string of the molecule is O=C1C2C3CC(CN3)N2C(=O)N1c1cccc(C(F)(F)F)c1. The number of hydrogen-bond acceptors (Lipinski definition) is 3. The Hall–Kier alpha value is -2.09. The number of carbonyl (C=O) groups is 2. The molecule has 3 atom stereocenters. The van der Waals surface area contributed by atoms with Crippen LogP contribution in [-0.2, 0) is 11.0 Å². The van der Waals surface area contributed by atoms with Gasteiger partial charge in [0, 0.05) is 18.6 Å². The highest BCUT2D eigenvalue weighted by atomic mass is 19.4. The highest BCUT2D eigenvalue weighted by Crippen LogP contribution is 2.39. The normalized spacial score (nSPS) is 30.4. The Labute approximate surface area is 123 Å². The van der Waals surface area contributed by atoms with E-state index in [1.54, 1.807) is 0 Å². The number of hydrogen-bond donors (Lipinski definition) is 1. The van der Waals surface area contributed by atoms with Crippen LogP contribution in [0.3, 0.4) is 0 Å². The van der Waals surface area contributed by atoms with Gasteiger partial charge in [0.25, 0.3) is 5.91 Å². The Bertz CT molecular complexity index is 648. The minimum absolute atomic E-state index is 0.0291. The lowest BCUT2D eigenvalue weighted by atomic mass is 10.1. The Morgan fingerprint density at radius 3 is 2.68 bits per heavy atom. The van der Waals surface area contributed by atoms with Crippen molar-refractivity contribution in [2.24, 2.45) is 0 Å². The molecule has 116 valence electrons. The molecule has 0 spiro atoms. The van der Waals surface area contributed by atoms with Crippen LogP contribution in [0.15, 0.2) is 24.3 Å². The highest BCUT2D eigenvalue weighted by molar-refractivity contribution is 6.22. The van der Waals surface area contributed by atoms with Crippen LogP contribution in [0.4, 0.5) is 23.7 Å². The van der Waals surface area contributed by atoms with Crippen LogP contribution >= 0.6 is 0 Å². The second kappa shape index (κ2) is 4.22. The lowest BCUT2D eigenvalue weighted by molar-refractivity contribution is -0.137. The molecule has 0 aromatic heterocycles. The van der Waals surface area contributed by atoms with Gasteiger partial charge < -0.3 is 10.2 Å². The number of nitrogens with zero attached hydrogens (tertiary/aromatic N) is 2. The zero-order valence-electron chi connectivity index (χ0n) is 11.3. The average molecular weight is 311 g/mol. The predicted octanol–water partition coefficient (Wildman–Crippen LogP) is 1.59. The molecule has 8 heteroatoms. The number of rotatable bonds is 1. The van der Waals surface area contributed by atoms with Gasteiger partial charge in [-0.25, -0.2) is 9.69 Å². The molecular weight excluding hydrogens is 299 g/mol. The van der Waals surface area contributed by atoms with Crippen molar-refractivity contribution in [1.29, 1.82) is 0 Å². The number of alkyl halides is 3. The fourth-order valence-corrected chi connectivity index (χ4v) is 3.59. The zero-order chi connectivity index (χ0) is 15.6. The molecule has 3 aliphatic rings. The van der Waals surface area contributed by atoms with Crippen LogP contribution in [0.1, 0.15) is 12.0 Å². The fourth-order valence-electron chi connectivity index (χ4n) is 3.59. The maximum absolute atomic E-state index is 12.8. The predicted molar refractivity (Wildman–Crippen MR) is 70.1 cm³/mol. The first-order valence-electron chi connectivity index (χ1n) is 6.95. The van der Waals surface area contributed by atoms with Crippen molar-refractivity contribution in [2.75, 3.05) is 11.4 Å². The summed E-state index contributed by atoms with van der Waals surface area (Å²) in [6.45, 7) is 0.622. The molecular formula is C14H12F3N3O2. The Morgan fingerprint density at radius 1 is 1.23 bits per heavy atom. The maximum Gasteiger partial charge on any atom is 0.416 e. The van der Waals surface area contributed by atoms with E-state index < -0.39 is 29.7 Å². The van der Waals surface area contributed by atoms with E-state index in [1.807, 2.05) is 0 Å². The Balaban J connectivity index is 1.72. The molecule has 3 amide bonds. The van der Waals surface area contributed by atoms with E-state index >= 15 is 0 Å². The molecule has 4 rings (SSSR count). The molecule has 5 nitrogen and oxygen atoms in total. The number of piperazine rings is 1. The summed E-state index contributed by atoms with van der Waals surface area (Å²) in [5, 5.41) is 3.16. The number of urea groups is 1. The van der Waals surface area contributed by atoms with Crippen LogP contribution < -0.4 is 10.2 Å². The summed E-state index contributed by atoms with van der Waals surface area (Å²) in [6, 6.07) is 3.04. The van der Waals surface area contributed by atoms with Crippen molar-refractivity contribution in [3.63, 3.8) is 0 Å². The number of benzene rings is 1. The smallest absolute Gasteiger partial charge is 0.309 e. The average Bonchev–Trinajstić information content (AvgIpc) is 3.12. The van der Waals surface area contributed by atoms with E-state index in [1.165, 1.54) is 17.0 Å². The molecule has 1 aromatic carbocycles. The zero-order valence-corrected chi connectivity index (χ0v) is 11.3. The van der Waals surface area contributed by atoms with Gasteiger partial charge in [-0.1, -0.05) is 6.07 Å². The van der Waals surface area contributed by atoms with E-state index in [-0.39, 0.29) is 17.8 Å². The lowest BCUT2D eigenvalue weighted by Crippen LogP contribution is -2.51. The minimum atomic E-state index is -4.52. The van der Waals surface area contributed by atoms with Gasteiger partial charge in [0.15, 0.2) is 0 Å². The van der Waals surface area contributed by atoms with Gasteiger partial charge in [0.1, 0.15) is 6.04 Å². The van der Waals surface area contributed by atoms with Crippen LogP contribution in [0.25, 0.3) is 0 Å². The molecule has 3 unspecified atom stereocenters. The molecule has 1 aromatic rings. The highest BCUT2D eigenvalue weighted by Gasteiger charge is 2.59. The van der Waals surface area contributed by atoms with E-state index in [0.29, 0.717) is 6.54 Å². The number of nitrogens with one attached hydrogen (secondary N) is 1. The van der Waals surface area contributed by atoms with Crippen LogP contribution in [0.2, 0.25) is 0 Å².